The molecule has 9 nitrogen and oxygen atoms in total. The number of thiazole rings is 1. The second kappa shape index (κ2) is 10.1. The molecule has 4 rings (SSSR count). The maximum Gasteiger partial charge on any atom is 0.260 e. The summed E-state index contributed by atoms with van der Waals surface area (Å²) in [4.78, 5) is 31.2. The fraction of sp³-hybridized carbons (Fsp3) is 0.348. The molecule has 33 heavy (non-hydrogen) atoms. The highest BCUT2D eigenvalue weighted by molar-refractivity contribution is 7.22. The number of nitrogens with two attached hydrogens (primary N) is 1. The number of primary amides is 1. The number of rotatable bonds is 9. The Bertz CT molecular complexity index is 1100. The maximum atomic E-state index is 13.7. The fourth-order valence-corrected chi connectivity index (χ4v) is 4.63. The van der Waals surface area contributed by atoms with Crippen molar-refractivity contribution in [1.29, 1.82) is 0 Å². The molecule has 1 fully saturated rings. The van der Waals surface area contributed by atoms with Crippen molar-refractivity contribution in [2.24, 2.45) is 5.73 Å². The molecule has 0 radical (unpaired) electrons. The first-order chi connectivity index (χ1) is 16.0. The monoisotopic (exact) mass is 471 g/mol. The van der Waals surface area contributed by atoms with Crippen LogP contribution in [0.25, 0.3) is 10.2 Å². The van der Waals surface area contributed by atoms with E-state index in [4.69, 9.17) is 24.7 Å². The number of methoxy groups -OCH3 is 2. The largest absolute Gasteiger partial charge is 0.493 e. The summed E-state index contributed by atoms with van der Waals surface area (Å²) in [5.74, 6) is -0.220. The Labute approximate surface area is 195 Å². The van der Waals surface area contributed by atoms with Crippen LogP contribution in [0.3, 0.4) is 0 Å². The molecule has 0 aliphatic carbocycles. The lowest BCUT2D eigenvalue weighted by molar-refractivity contribution is -0.120. The van der Waals surface area contributed by atoms with Crippen molar-refractivity contribution in [3.05, 3.63) is 42.0 Å². The molecule has 1 atom stereocenters. The molecule has 1 aliphatic rings. The Morgan fingerprint density at radius 2 is 1.94 bits per heavy atom. The predicted molar refractivity (Wildman–Crippen MR) is 125 cm³/mol. The van der Waals surface area contributed by atoms with E-state index in [9.17, 15) is 9.59 Å². The smallest absolute Gasteiger partial charge is 0.260 e. The first-order valence-corrected chi connectivity index (χ1v) is 11.3. The van der Waals surface area contributed by atoms with Gasteiger partial charge in [0.25, 0.3) is 11.8 Å². The van der Waals surface area contributed by atoms with Gasteiger partial charge in [0.05, 0.1) is 37.1 Å². The van der Waals surface area contributed by atoms with Crippen molar-refractivity contribution in [3.8, 4) is 17.2 Å². The minimum Gasteiger partial charge on any atom is -0.493 e. The van der Waals surface area contributed by atoms with Gasteiger partial charge in [0.2, 0.25) is 5.75 Å². The molecule has 1 unspecified atom stereocenters. The van der Waals surface area contributed by atoms with Crippen molar-refractivity contribution in [3.63, 3.8) is 0 Å². The zero-order valence-corrected chi connectivity index (χ0v) is 19.2. The zero-order valence-electron chi connectivity index (χ0n) is 18.4. The molecule has 2 amide bonds. The molecule has 2 heterocycles. The summed E-state index contributed by atoms with van der Waals surface area (Å²) in [5, 5.41) is 0.587. The topological polar surface area (TPSA) is 113 Å². The Balaban J connectivity index is 1.72. The molecule has 3 aromatic rings. The van der Waals surface area contributed by atoms with Crippen LogP contribution in [0, 0.1) is 0 Å². The first kappa shape index (κ1) is 22.8. The molecule has 1 saturated heterocycles. The highest BCUT2D eigenvalue weighted by Gasteiger charge is 2.29. The van der Waals surface area contributed by atoms with Gasteiger partial charge in [0.15, 0.2) is 23.2 Å². The summed E-state index contributed by atoms with van der Waals surface area (Å²) < 4.78 is 23.1. The molecule has 0 spiro atoms. The van der Waals surface area contributed by atoms with Crippen LogP contribution in [-0.4, -0.2) is 56.9 Å². The standard InChI is InChI=1S/C23H25N3O6S/c1-29-17-10-14(11-18(30-2)21(17)32-13-20(24)27)22(28)26(12-15-6-5-9-31-15)23-25-16-7-3-4-8-19(16)33-23/h3-4,7-8,10-11,15H,5-6,9,12-13H2,1-2H3,(H2,24,27). The van der Waals surface area contributed by atoms with Crippen LogP contribution < -0.4 is 24.8 Å². The van der Waals surface area contributed by atoms with E-state index in [0.717, 1.165) is 23.1 Å². The highest BCUT2D eigenvalue weighted by atomic mass is 32.1. The minimum atomic E-state index is -0.641. The first-order valence-electron chi connectivity index (χ1n) is 10.5. The number of carbonyl (C=O) groups is 2. The summed E-state index contributed by atoms with van der Waals surface area (Å²) in [5.41, 5.74) is 6.34. The fourth-order valence-electron chi connectivity index (χ4n) is 3.66. The Hall–Kier alpha value is -3.37. The summed E-state index contributed by atoms with van der Waals surface area (Å²) in [6.45, 7) is 0.708. The van der Waals surface area contributed by atoms with Gasteiger partial charge in [-0.2, -0.15) is 0 Å². The van der Waals surface area contributed by atoms with Crippen LogP contribution in [0.5, 0.6) is 17.2 Å². The van der Waals surface area contributed by atoms with Crippen molar-refractivity contribution in [1.82, 2.24) is 4.98 Å². The van der Waals surface area contributed by atoms with Crippen molar-refractivity contribution in [2.45, 2.75) is 18.9 Å². The normalized spacial score (nSPS) is 15.4. The van der Waals surface area contributed by atoms with Gasteiger partial charge in [-0.1, -0.05) is 23.5 Å². The summed E-state index contributed by atoms with van der Waals surface area (Å²) in [6, 6.07) is 10.9. The van der Waals surface area contributed by atoms with E-state index in [1.807, 2.05) is 24.3 Å². The van der Waals surface area contributed by atoms with Crippen LogP contribution in [-0.2, 0) is 9.53 Å². The Morgan fingerprint density at radius 1 is 1.21 bits per heavy atom. The maximum absolute atomic E-state index is 13.7. The molecule has 2 aromatic carbocycles. The van der Waals surface area contributed by atoms with Crippen LogP contribution in [0.1, 0.15) is 23.2 Å². The minimum absolute atomic E-state index is 0.0667. The Kier molecular flexibility index (Phi) is 6.95. The third kappa shape index (κ3) is 5.01. The molecule has 1 aliphatic heterocycles. The number of hydrogen-bond acceptors (Lipinski definition) is 8. The average Bonchev–Trinajstić information content (AvgIpc) is 3.49. The number of ether oxygens (including phenoxy) is 4. The second-order valence-electron chi connectivity index (χ2n) is 7.48. The van der Waals surface area contributed by atoms with E-state index in [1.165, 1.54) is 25.6 Å². The van der Waals surface area contributed by atoms with E-state index in [0.29, 0.717) is 23.8 Å². The Morgan fingerprint density at radius 3 is 2.55 bits per heavy atom. The van der Waals surface area contributed by atoms with E-state index in [-0.39, 0.29) is 35.9 Å². The average molecular weight is 472 g/mol. The van der Waals surface area contributed by atoms with Crippen LogP contribution in [0.15, 0.2) is 36.4 Å². The van der Waals surface area contributed by atoms with E-state index in [2.05, 4.69) is 4.98 Å². The lowest BCUT2D eigenvalue weighted by Crippen LogP contribution is -2.37. The quantitative estimate of drug-likeness (QED) is 0.510. The number of hydrogen-bond donors (Lipinski definition) is 1. The molecule has 0 bridgehead atoms. The number of amides is 2. The number of nitrogens with zero attached hydrogens (tertiary/aromatic N) is 2. The number of anilines is 1. The lowest BCUT2D eigenvalue weighted by Gasteiger charge is -2.24. The van der Waals surface area contributed by atoms with Gasteiger partial charge < -0.3 is 24.7 Å². The molecule has 174 valence electrons. The molecule has 0 saturated carbocycles. The third-order valence-corrected chi connectivity index (χ3v) is 6.29. The van der Waals surface area contributed by atoms with Gasteiger partial charge >= 0.3 is 0 Å². The number of carbonyl (C=O) groups excluding carboxylic acids is 2. The SMILES string of the molecule is COc1cc(C(=O)N(CC2CCCO2)c2nc3ccccc3s2)cc(OC)c1OCC(N)=O. The molecular formula is C23H25N3O6S. The van der Waals surface area contributed by atoms with E-state index < -0.39 is 5.91 Å². The van der Waals surface area contributed by atoms with Crippen molar-refractivity contribution < 1.29 is 28.5 Å². The van der Waals surface area contributed by atoms with Gasteiger partial charge in [-0.05, 0) is 37.1 Å². The number of fused-ring (bicyclic) bond motifs is 1. The predicted octanol–water partition coefficient (Wildman–Crippen LogP) is 3.00. The van der Waals surface area contributed by atoms with Gasteiger partial charge in [0, 0.05) is 12.2 Å². The lowest BCUT2D eigenvalue weighted by atomic mass is 10.1. The third-order valence-electron chi connectivity index (χ3n) is 5.24. The van der Waals surface area contributed by atoms with Crippen molar-refractivity contribution >= 4 is 38.5 Å². The number of benzene rings is 2. The van der Waals surface area contributed by atoms with Gasteiger partial charge in [-0.25, -0.2) is 4.98 Å². The summed E-state index contributed by atoms with van der Waals surface area (Å²) in [7, 11) is 2.88. The van der Waals surface area contributed by atoms with Crippen LogP contribution in [0.2, 0.25) is 0 Å². The van der Waals surface area contributed by atoms with E-state index >= 15 is 0 Å². The van der Waals surface area contributed by atoms with Crippen LogP contribution >= 0.6 is 11.3 Å². The highest BCUT2D eigenvalue weighted by Crippen LogP contribution is 2.39. The van der Waals surface area contributed by atoms with Gasteiger partial charge in [-0.3, -0.25) is 14.5 Å². The zero-order chi connectivity index (χ0) is 23.4. The molecular weight excluding hydrogens is 446 g/mol. The number of para-hydroxylation sites is 1. The van der Waals surface area contributed by atoms with Gasteiger partial charge in [0.1, 0.15) is 0 Å². The van der Waals surface area contributed by atoms with Crippen LogP contribution in [0.4, 0.5) is 5.13 Å². The molecule has 1 aromatic heterocycles. The molecule has 2 N–H and O–H groups in total. The number of aromatic nitrogens is 1. The van der Waals surface area contributed by atoms with E-state index in [1.54, 1.807) is 17.0 Å². The molecule has 10 heteroatoms. The van der Waals surface area contributed by atoms with Gasteiger partial charge in [-0.15, -0.1) is 0 Å². The van der Waals surface area contributed by atoms with Crippen molar-refractivity contribution in [2.75, 3.05) is 38.9 Å². The summed E-state index contributed by atoms with van der Waals surface area (Å²) in [6.07, 6.45) is 1.77. The summed E-state index contributed by atoms with van der Waals surface area (Å²) >= 11 is 1.45. The second-order valence-corrected chi connectivity index (χ2v) is 8.49.